The van der Waals surface area contributed by atoms with E-state index in [1.54, 1.807) is 6.07 Å². The van der Waals surface area contributed by atoms with Gasteiger partial charge in [-0.25, -0.2) is 13.6 Å². The molecule has 2 aromatic rings. The summed E-state index contributed by atoms with van der Waals surface area (Å²) in [5.74, 6) is -1.07. The summed E-state index contributed by atoms with van der Waals surface area (Å²) in [6.45, 7) is -0.00142. The van der Waals surface area contributed by atoms with E-state index in [1.165, 1.54) is 36.4 Å². The Morgan fingerprint density at radius 3 is 2.57 bits per heavy atom. The fourth-order valence-electron chi connectivity index (χ4n) is 1.94. The third kappa shape index (κ3) is 4.91. The van der Waals surface area contributed by atoms with Crippen molar-refractivity contribution in [1.29, 1.82) is 0 Å². The van der Waals surface area contributed by atoms with Gasteiger partial charge in [0, 0.05) is 18.7 Å². The highest BCUT2D eigenvalue weighted by molar-refractivity contribution is 6.30. The van der Waals surface area contributed by atoms with E-state index >= 15 is 0 Å². The molecule has 3 N–H and O–H groups in total. The maximum Gasteiger partial charge on any atom is 0.315 e. The topological polar surface area (TPSA) is 61.4 Å². The molecule has 0 saturated heterocycles. The number of aliphatic hydroxyl groups excluding tert-OH is 1. The lowest BCUT2D eigenvalue weighted by atomic mass is 10.1. The van der Waals surface area contributed by atoms with E-state index in [4.69, 9.17) is 11.6 Å². The molecular weight excluding hydrogens is 326 g/mol. The van der Waals surface area contributed by atoms with Gasteiger partial charge in [-0.05, 0) is 23.8 Å². The number of amides is 2. The van der Waals surface area contributed by atoms with Crippen molar-refractivity contribution in [3.63, 3.8) is 0 Å². The van der Waals surface area contributed by atoms with E-state index in [1.807, 2.05) is 0 Å². The molecule has 0 fully saturated rings. The Morgan fingerprint density at radius 2 is 1.87 bits per heavy atom. The normalized spacial score (nSPS) is 11.8. The van der Waals surface area contributed by atoms with Gasteiger partial charge < -0.3 is 15.7 Å². The lowest BCUT2D eigenvalue weighted by molar-refractivity contribution is 0.169. The zero-order valence-electron chi connectivity index (χ0n) is 12.0. The lowest BCUT2D eigenvalue weighted by Gasteiger charge is -2.13. The average Bonchev–Trinajstić information content (AvgIpc) is 2.54. The maximum absolute atomic E-state index is 13.5. The molecular formula is C16H15ClF2N2O2. The fraction of sp³-hybridized carbons (Fsp3) is 0.188. The van der Waals surface area contributed by atoms with Crippen LogP contribution in [0.4, 0.5) is 13.6 Å². The van der Waals surface area contributed by atoms with E-state index in [-0.39, 0.29) is 23.7 Å². The average molecular weight is 341 g/mol. The molecule has 4 nitrogen and oxygen atoms in total. The van der Waals surface area contributed by atoms with Gasteiger partial charge in [-0.15, -0.1) is 0 Å². The third-order valence-electron chi connectivity index (χ3n) is 3.16. The summed E-state index contributed by atoms with van der Waals surface area (Å²) < 4.78 is 26.5. The van der Waals surface area contributed by atoms with E-state index in [0.29, 0.717) is 5.56 Å². The molecule has 1 unspecified atom stereocenters. The van der Waals surface area contributed by atoms with Gasteiger partial charge in [0.2, 0.25) is 0 Å². The molecule has 0 aromatic heterocycles. The monoisotopic (exact) mass is 340 g/mol. The zero-order chi connectivity index (χ0) is 16.8. The molecule has 2 amide bonds. The van der Waals surface area contributed by atoms with Gasteiger partial charge >= 0.3 is 6.03 Å². The van der Waals surface area contributed by atoms with Crippen molar-refractivity contribution in [3.8, 4) is 0 Å². The molecule has 0 aliphatic heterocycles. The van der Waals surface area contributed by atoms with Gasteiger partial charge in [0.05, 0.1) is 11.1 Å². The minimum atomic E-state index is -1.15. The van der Waals surface area contributed by atoms with Crippen LogP contribution in [-0.4, -0.2) is 17.7 Å². The van der Waals surface area contributed by atoms with Crippen molar-refractivity contribution in [2.45, 2.75) is 12.6 Å². The Morgan fingerprint density at radius 1 is 1.13 bits per heavy atom. The molecule has 0 aliphatic rings. The van der Waals surface area contributed by atoms with E-state index in [0.717, 1.165) is 0 Å². The van der Waals surface area contributed by atoms with Gasteiger partial charge in [-0.3, -0.25) is 0 Å². The SMILES string of the molecule is O=C(NCc1ccc(F)c(Cl)c1)NCC(O)c1ccccc1F. The molecule has 0 heterocycles. The number of nitrogens with one attached hydrogen (secondary N) is 2. The number of urea groups is 1. The number of carbonyl (C=O) groups is 1. The summed E-state index contributed by atoms with van der Waals surface area (Å²) in [5, 5.41) is 14.8. The molecule has 7 heteroatoms. The van der Waals surface area contributed by atoms with Crippen LogP contribution in [0.2, 0.25) is 5.02 Å². The predicted molar refractivity (Wildman–Crippen MR) is 83.0 cm³/mol. The van der Waals surface area contributed by atoms with Gasteiger partial charge in [0.15, 0.2) is 0 Å². The second-order valence-electron chi connectivity index (χ2n) is 4.85. The quantitative estimate of drug-likeness (QED) is 0.783. The summed E-state index contributed by atoms with van der Waals surface area (Å²) in [6, 6.07) is 9.36. The molecule has 2 rings (SSSR count). The Kier molecular flexibility index (Phi) is 5.90. The third-order valence-corrected chi connectivity index (χ3v) is 3.45. The van der Waals surface area contributed by atoms with Gasteiger partial charge in [0.1, 0.15) is 11.6 Å². The minimum absolute atomic E-state index is 0.0281. The second kappa shape index (κ2) is 7.89. The van der Waals surface area contributed by atoms with Gasteiger partial charge in [0.25, 0.3) is 0 Å². The Balaban J connectivity index is 1.81. The first-order chi connectivity index (χ1) is 11.0. The highest BCUT2D eigenvalue weighted by atomic mass is 35.5. The second-order valence-corrected chi connectivity index (χ2v) is 5.26. The van der Waals surface area contributed by atoms with Gasteiger partial charge in [-0.1, -0.05) is 35.9 Å². The lowest BCUT2D eigenvalue weighted by Crippen LogP contribution is -2.37. The van der Waals surface area contributed by atoms with Crippen LogP contribution in [0.25, 0.3) is 0 Å². The molecule has 0 radical (unpaired) electrons. The van der Waals surface area contributed by atoms with Crippen LogP contribution in [-0.2, 0) is 6.54 Å². The molecule has 2 aromatic carbocycles. The standard InChI is InChI=1S/C16H15ClF2N2O2/c17-12-7-10(5-6-14(12)19)8-20-16(23)21-9-15(22)11-3-1-2-4-13(11)18/h1-7,15,22H,8-9H2,(H2,20,21,23). The Bertz CT molecular complexity index is 698. The summed E-state index contributed by atoms with van der Waals surface area (Å²) in [6.07, 6.45) is -1.15. The fourth-order valence-corrected chi connectivity index (χ4v) is 2.14. The summed E-state index contributed by atoms with van der Waals surface area (Å²) >= 11 is 5.64. The van der Waals surface area contributed by atoms with Crippen LogP contribution in [0.1, 0.15) is 17.2 Å². The van der Waals surface area contributed by atoms with E-state index in [2.05, 4.69) is 10.6 Å². The van der Waals surface area contributed by atoms with Crippen molar-refractivity contribution in [2.24, 2.45) is 0 Å². The summed E-state index contributed by atoms with van der Waals surface area (Å²) in [7, 11) is 0. The number of aliphatic hydroxyl groups is 1. The first-order valence-electron chi connectivity index (χ1n) is 6.85. The molecule has 0 saturated carbocycles. The molecule has 1 atom stereocenters. The van der Waals surface area contributed by atoms with Crippen LogP contribution < -0.4 is 10.6 Å². The number of halogens is 3. The number of hydrogen-bond acceptors (Lipinski definition) is 2. The Labute approximate surface area is 137 Å². The van der Waals surface area contributed by atoms with Crippen molar-refractivity contribution >= 4 is 17.6 Å². The molecule has 0 spiro atoms. The first-order valence-corrected chi connectivity index (χ1v) is 7.23. The van der Waals surface area contributed by atoms with Crippen molar-refractivity contribution in [1.82, 2.24) is 10.6 Å². The van der Waals surface area contributed by atoms with Crippen LogP contribution in [0.15, 0.2) is 42.5 Å². The zero-order valence-corrected chi connectivity index (χ0v) is 12.8. The molecule has 122 valence electrons. The summed E-state index contributed by atoms with van der Waals surface area (Å²) in [5.41, 5.74) is 0.735. The van der Waals surface area contributed by atoms with Crippen molar-refractivity contribution in [2.75, 3.05) is 6.54 Å². The van der Waals surface area contributed by atoms with Crippen LogP contribution in [0.5, 0.6) is 0 Å². The molecule has 0 aliphatic carbocycles. The number of rotatable bonds is 5. The van der Waals surface area contributed by atoms with E-state index in [9.17, 15) is 18.7 Å². The minimum Gasteiger partial charge on any atom is -0.386 e. The molecule has 23 heavy (non-hydrogen) atoms. The highest BCUT2D eigenvalue weighted by Crippen LogP contribution is 2.16. The molecule has 0 bridgehead atoms. The highest BCUT2D eigenvalue weighted by Gasteiger charge is 2.13. The van der Waals surface area contributed by atoms with E-state index < -0.39 is 23.8 Å². The number of benzene rings is 2. The number of hydrogen-bond donors (Lipinski definition) is 3. The van der Waals surface area contributed by atoms with Crippen LogP contribution in [0.3, 0.4) is 0 Å². The maximum atomic E-state index is 13.5. The first kappa shape index (κ1) is 17.2. The summed E-state index contributed by atoms with van der Waals surface area (Å²) in [4.78, 5) is 11.7. The van der Waals surface area contributed by atoms with Crippen molar-refractivity contribution < 1.29 is 18.7 Å². The van der Waals surface area contributed by atoms with Crippen LogP contribution in [0, 0.1) is 11.6 Å². The number of carbonyl (C=O) groups excluding carboxylic acids is 1. The smallest absolute Gasteiger partial charge is 0.315 e. The Hall–Kier alpha value is -2.18. The van der Waals surface area contributed by atoms with Crippen molar-refractivity contribution in [3.05, 3.63) is 70.2 Å². The van der Waals surface area contributed by atoms with Gasteiger partial charge in [-0.2, -0.15) is 0 Å². The predicted octanol–water partition coefficient (Wildman–Crippen LogP) is 3.15. The van der Waals surface area contributed by atoms with Crippen LogP contribution >= 0.6 is 11.6 Å². The largest absolute Gasteiger partial charge is 0.386 e.